The van der Waals surface area contributed by atoms with Crippen molar-refractivity contribution in [1.82, 2.24) is 3.53 Å². The van der Waals surface area contributed by atoms with Crippen molar-refractivity contribution in [2.24, 2.45) is 0 Å². The summed E-state index contributed by atoms with van der Waals surface area (Å²) in [5.74, 6) is -0.806. The van der Waals surface area contributed by atoms with E-state index in [9.17, 15) is 4.79 Å². The number of carboxylic acid groups (broad SMARTS) is 1. The fourth-order valence-electron chi connectivity index (χ4n) is 0.258. The summed E-state index contributed by atoms with van der Waals surface area (Å²) >= 11 is 1.85. The molecule has 0 saturated heterocycles. The number of rotatable bonds is 3. The van der Waals surface area contributed by atoms with Crippen LogP contribution in [-0.4, -0.2) is 16.6 Å². The minimum Gasteiger partial charge on any atom is -0.480 e. The average molecular weight is 243 g/mol. The lowest BCUT2D eigenvalue weighted by Gasteiger charge is -2.19. The van der Waals surface area contributed by atoms with E-state index in [1.165, 1.54) is 0 Å². The van der Waals surface area contributed by atoms with Gasteiger partial charge in [0.1, 0.15) is 5.54 Å². The highest BCUT2D eigenvalue weighted by Crippen LogP contribution is 2.10. The summed E-state index contributed by atoms with van der Waals surface area (Å²) in [7, 11) is 0. The van der Waals surface area contributed by atoms with Crippen LogP contribution in [0.4, 0.5) is 0 Å². The molecule has 0 aliphatic rings. The lowest BCUT2D eigenvalue weighted by molar-refractivity contribution is -0.143. The van der Waals surface area contributed by atoms with E-state index in [0.717, 1.165) is 0 Å². The van der Waals surface area contributed by atoms with E-state index in [1.807, 2.05) is 29.8 Å². The Morgan fingerprint density at radius 2 is 2.33 bits per heavy atom. The first-order chi connectivity index (χ1) is 4.06. The van der Waals surface area contributed by atoms with Crippen molar-refractivity contribution in [3.8, 4) is 0 Å². The van der Waals surface area contributed by atoms with E-state index in [2.05, 4.69) is 3.53 Å². The van der Waals surface area contributed by atoms with Crippen molar-refractivity contribution in [3.05, 3.63) is 0 Å². The minimum absolute atomic E-state index is 0.589. The molecule has 1 atom stereocenters. The Morgan fingerprint density at radius 1 is 1.89 bits per heavy atom. The fourth-order valence-corrected chi connectivity index (χ4v) is 0.871. The van der Waals surface area contributed by atoms with Crippen LogP contribution in [0, 0.1) is 0 Å². The van der Waals surface area contributed by atoms with Gasteiger partial charge in [-0.2, -0.15) is 0 Å². The third-order valence-electron chi connectivity index (χ3n) is 1.39. The number of hydrogen-bond acceptors (Lipinski definition) is 2. The Hall–Kier alpha value is 0.160. The van der Waals surface area contributed by atoms with Gasteiger partial charge in [-0.15, -0.1) is 0 Å². The molecule has 0 fully saturated rings. The summed E-state index contributed by atoms with van der Waals surface area (Å²) in [4.78, 5) is 10.4. The summed E-state index contributed by atoms with van der Waals surface area (Å²) in [5, 5.41) is 8.57. The zero-order valence-electron chi connectivity index (χ0n) is 5.44. The number of nitrogens with one attached hydrogen (secondary N) is 1. The first-order valence-corrected chi connectivity index (χ1v) is 3.76. The van der Waals surface area contributed by atoms with Gasteiger partial charge in [0.05, 0.1) is 0 Å². The van der Waals surface area contributed by atoms with Crippen molar-refractivity contribution in [2.75, 3.05) is 0 Å². The molecule has 0 rings (SSSR count). The van der Waals surface area contributed by atoms with Gasteiger partial charge in [0, 0.05) is 22.9 Å². The van der Waals surface area contributed by atoms with E-state index in [-0.39, 0.29) is 0 Å². The summed E-state index contributed by atoms with van der Waals surface area (Å²) < 4.78 is 2.70. The van der Waals surface area contributed by atoms with Crippen LogP contribution in [0.25, 0.3) is 0 Å². The van der Waals surface area contributed by atoms with Crippen LogP contribution in [0.2, 0.25) is 0 Å². The first-order valence-electron chi connectivity index (χ1n) is 2.68. The van der Waals surface area contributed by atoms with Gasteiger partial charge in [-0.25, -0.2) is 3.53 Å². The van der Waals surface area contributed by atoms with Crippen molar-refractivity contribution in [2.45, 2.75) is 25.8 Å². The molecule has 9 heavy (non-hydrogen) atoms. The van der Waals surface area contributed by atoms with Crippen LogP contribution in [0.5, 0.6) is 0 Å². The molecule has 2 N–H and O–H groups in total. The van der Waals surface area contributed by atoms with E-state index in [0.29, 0.717) is 6.42 Å². The maximum absolute atomic E-state index is 10.4. The smallest absolute Gasteiger partial charge is 0.324 e. The van der Waals surface area contributed by atoms with Crippen molar-refractivity contribution < 1.29 is 9.90 Å². The van der Waals surface area contributed by atoms with Gasteiger partial charge in [0.25, 0.3) is 0 Å². The molecule has 54 valence electrons. The topological polar surface area (TPSA) is 49.3 Å². The molecule has 4 heteroatoms. The highest BCUT2D eigenvalue weighted by molar-refractivity contribution is 14.1. The van der Waals surface area contributed by atoms with Crippen molar-refractivity contribution >= 4 is 28.8 Å². The molecular formula is C5H10INO2. The predicted octanol–water partition coefficient (Wildman–Crippen LogP) is 1.18. The zero-order chi connectivity index (χ0) is 7.49. The first kappa shape index (κ1) is 9.16. The van der Waals surface area contributed by atoms with E-state index >= 15 is 0 Å². The molecule has 0 aliphatic heterocycles. The van der Waals surface area contributed by atoms with Gasteiger partial charge < -0.3 is 5.11 Å². The molecule has 0 aromatic heterocycles. The number of carboxylic acids is 1. The standard InChI is InChI=1S/C5H10INO2/c1-3-5(2,7-6)4(8)9/h7H,3H2,1-2H3,(H,8,9)/t5-/m0/s1. The Bertz CT molecular complexity index is 112. The fraction of sp³-hybridized carbons (Fsp3) is 0.800. The molecule has 0 bridgehead atoms. The van der Waals surface area contributed by atoms with Crippen LogP contribution >= 0.6 is 22.9 Å². The Balaban J connectivity index is 4.09. The summed E-state index contributed by atoms with van der Waals surface area (Å²) in [6.45, 7) is 3.49. The molecule has 0 spiro atoms. The van der Waals surface area contributed by atoms with Gasteiger partial charge >= 0.3 is 5.97 Å². The molecule has 0 heterocycles. The summed E-state index contributed by atoms with van der Waals surface area (Å²) in [5.41, 5.74) is -0.763. The van der Waals surface area contributed by atoms with Gasteiger partial charge in [-0.1, -0.05) is 6.92 Å². The molecule has 0 aromatic carbocycles. The second-order valence-electron chi connectivity index (χ2n) is 2.09. The van der Waals surface area contributed by atoms with Gasteiger partial charge in [0.15, 0.2) is 0 Å². The molecule has 3 nitrogen and oxygen atoms in total. The van der Waals surface area contributed by atoms with Crippen LogP contribution in [0.15, 0.2) is 0 Å². The van der Waals surface area contributed by atoms with Gasteiger partial charge in [-0.05, 0) is 13.3 Å². The normalized spacial score (nSPS) is 16.8. The third kappa shape index (κ3) is 2.09. The monoisotopic (exact) mass is 243 g/mol. The second-order valence-corrected chi connectivity index (χ2v) is 2.62. The number of carbonyl (C=O) groups is 1. The van der Waals surface area contributed by atoms with E-state index < -0.39 is 11.5 Å². The maximum Gasteiger partial charge on any atom is 0.324 e. The van der Waals surface area contributed by atoms with Crippen LogP contribution < -0.4 is 3.53 Å². The highest BCUT2D eigenvalue weighted by atomic mass is 127. The predicted molar refractivity (Wildman–Crippen MR) is 43.5 cm³/mol. The molecular weight excluding hydrogens is 233 g/mol. The molecule has 0 amide bonds. The van der Waals surface area contributed by atoms with Crippen LogP contribution in [-0.2, 0) is 4.79 Å². The Labute approximate surface area is 68.3 Å². The van der Waals surface area contributed by atoms with Crippen LogP contribution in [0.1, 0.15) is 20.3 Å². The number of aliphatic carboxylic acids is 1. The molecule has 0 aromatic rings. The zero-order valence-corrected chi connectivity index (χ0v) is 7.60. The molecule has 0 saturated carbocycles. The van der Waals surface area contributed by atoms with Gasteiger partial charge in [0.2, 0.25) is 0 Å². The SMILES string of the molecule is CC[C@](C)(NI)C(=O)O. The lowest BCUT2D eigenvalue weighted by atomic mass is 10.0. The van der Waals surface area contributed by atoms with Crippen molar-refractivity contribution in [1.29, 1.82) is 0 Å². The molecule has 0 radical (unpaired) electrons. The molecule has 0 unspecified atom stereocenters. The number of hydrogen-bond donors (Lipinski definition) is 2. The quantitative estimate of drug-likeness (QED) is 0.578. The van der Waals surface area contributed by atoms with Crippen molar-refractivity contribution in [3.63, 3.8) is 0 Å². The van der Waals surface area contributed by atoms with E-state index in [4.69, 9.17) is 5.11 Å². The largest absolute Gasteiger partial charge is 0.480 e. The van der Waals surface area contributed by atoms with Gasteiger partial charge in [-0.3, -0.25) is 4.79 Å². The van der Waals surface area contributed by atoms with Crippen LogP contribution in [0.3, 0.4) is 0 Å². The lowest BCUT2D eigenvalue weighted by Crippen LogP contribution is -2.43. The highest BCUT2D eigenvalue weighted by Gasteiger charge is 2.28. The number of halogens is 1. The summed E-state index contributed by atoms with van der Waals surface area (Å²) in [6.07, 6.45) is 0.589. The minimum atomic E-state index is -0.806. The second kappa shape index (κ2) is 3.36. The molecule has 0 aliphatic carbocycles. The average Bonchev–Trinajstić information content (AvgIpc) is 1.86. The Kier molecular flexibility index (Phi) is 3.42. The Morgan fingerprint density at radius 3 is 2.33 bits per heavy atom. The maximum atomic E-state index is 10.4. The summed E-state index contributed by atoms with van der Waals surface area (Å²) in [6, 6.07) is 0. The third-order valence-corrected chi connectivity index (χ3v) is 2.58. The van der Waals surface area contributed by atoms with E-state index in [1.54, 1.807) is 6.92 Å².